The molecule has 5 fully saturated rings. The molecule has 0 unspecified atom stereocenters. The Morgan fingerprint density at radius 3 is 2.15 bits per heavy atom. The fraction of sp³-hybridized carbons (Fsp3) is 0.900. The minimum absolute atomic E-state index is 0.0202. The third-order valence-corrected chi connectivity index (χ3v) is 13.5. The first-order chi connectivity index (χ1) is 15.3. The number of carbonyl (C=O) groups is 1. The number of aliphatic hydroxyl groups excluding tert-OH is 1. The number of rotatable bonds is 2. The van der Waals surface area contributed by atoms with Gasteiger partial charge in [-0.1, -0.05) is 46.8 Å². The topological polar surface area (TPSA) is 57.5 Å². The fourth-order valence-electron chi connectivity index (χ4n) is 11.5. The summed E-state index contributed by atoms with van der Waals surface area (Å²) in [7, 11) is 0. The number of carboxylic acid groups (broad SMARTS) is 1. The standard InChI is InChI=1S/C30H48O3/c1-18(2)19-10-15-30(25(32)33)17-16-28(6)20(24(19)30)8-9-22-27(5)13-12-23(31)26(3,4)21(27)11-14-29(22,28)7/h19-24,31H,1,8-17H2,2-7H3,(H,32,33)/t19-,20+,21+,22-,23-,24+,27+,28+,29-,30-/m0/s1. The maximum absolute atomic E-state index is 12.8. The van der Waals surface area contributed by atoms with Gasteiger partial charge in [0.15, 0.2) is 0 Å². The first-order valence-electron chi connectivity index (χ1n) is 13.8. The van der Waals surface area contributed by atoms with E-state index in [1.54, 1.807) is 0 Å². The normalized spacial score (nSPS) is 55.0. The molecule has 0 heterocycles. The van der Waals surface area contributed by atoms with Crippen LogP contribution in [0.3, 0.4) is 0 Å². The molecule has 3 heteroatoms. The molecule has 5 saturated carbocycles. The Balaban J connectivity index is 1.57. The Bertz CT molecular complexity index is 861. The van der Waals surface area contributed by atoms with Crippen molar-refractivity contribution >= 4 is 5.97 Å². The molecule has 0 aromatic rings. The number of hydrogen-bond donors (Lipinski definition) is 2. The summed E-state index contributed by atoms with van der Waals surface area (Å²) < 4.78 is 0. The Labute approximate surface area is 201 Å². The molecule has 5 rings (SSSR count). The number of fused-ring (bicyclic) bond motifs is 7. The van der Waals surface area contributed by atoms with Gasteiger partial charge in [0.25, 0.3) is 0 Å². The number of hydrogen-bond acceptors (Lipinski definition) is 2. The van der Waals surface area contributed by atoms with Crippen molar-refractivity contribution in [2.45, 2.75) is 112 Å². The second-order valence-corrected chi connectivity index (χ2v) is 14.5. The monoisotopic (exact) mass is 456 g/mol. The Hall–Kier alpha value is -0.830. The second-order valence-electron chi connectivity index (χ2n) is 14.5. The number of aliphatic hydroxyl groups is 1. The molecule has 3 nitrogen and oxygen atoms in total. The van der Waals surface area contributed by atoms with E-state index >= 15 is 0 Å². The van der Waals surface area contributed by atoms with Gasteiger partial charge < -0.3 is 10.2 Å². The molecular weight excluding hydrogens is 408 g/mol. The fourth-order valence-corrected chi connectivity index (χ4v) is 11.5. The van der Waals surface area contributed by atoms with Crippen molar-refractivity contribution in [3.05, 3.63) is 12.2 Å². The molecule has 5 aliphatic rings. The zero-order valence-electron chi connectivity index (χ0n) is 22.0. The highest BCUT2D eigenvalue weighted by Crippen LogP contribution is 2.77. The van der Waals surface area contributed by atoms with E-state index in [4.69, 9.17) is 0 Å². The lowest BCUT2D eigenvalue weighted by atomic mass is 9.32. The maximum Gasteiger partial charge on any atom is 0.309 e. The SMILES string of the molecule is C=C(C)[C@@H]1CC[C@]2(C(=O)O)CC[C@]3(C)[C@H](CC[C@H]4[C@]5(C)CC[C@H](O)C(C)(C)[C@H]5CC[C@@]43C)[C@@H]12. The van der Waals surface area contributed by atoms with Crippen LogP contribution in [0.1, 0.15) is 106 Å². The molecule has 0 aliphatic heterocycles. The predicted octanol–water partition coefficient (Wildman–Crippen LogP) is 7.09. The van der Waals surface area contributed by atoms with Crippen LogP contribution in [0.4, 0.5) is 0 Å². The van der Waals surface area contributed by atoms with Crippen LogP contribution in [0.5, 0.6) is 0 Å². The Morgan fingerprint density at radius 1 is 0.818 bits per heavy atom. The summed E-state index contributed by atoms with van der Waals surface area (Å²) in [6, 6.07) is 0. The lowest BCUT2D eigenvalue weighted by molar-refractivity contribution is -0.248. The van der Waals surface area contributed by atoms with Crippen LogP contribution < -0.4 is 0 Å². The van der Waals surface area contributed by atoms with Crippen LogP contribution in [0.15, 0.2) is 12.2 Å². The lowest BCUT2D eigenvalue weighted by Crippen LogP contribution is -2.67. The van der Waals surface area contributed by atoms with E-state index in [1.165, 1.54) is 31.3 Å². The van der Waals surface area contributed by atoms with Crippen LogP contribution in [0, 0.1) is 56.7 Å². The summed E-state index contributed by atoms with van der Waals surface area (Å²) in [6.45, 7) is 18.8. The van der Waals surface area contributed by atoms with E-state index in [2.05, 4.69) is 48.1 Å². The third-order valence-electron chi connectivity index (χ3n) is 13.5. The van der Waals surface area contributed by atoms with Crippen LogP contribution in [0.2, 0.25) is 0 Å². The molecule has 0 spiro atoms. The summed E-state index contributed by atoms with van der Waals surface area (Å²) in [4.78, 5) is 12.8. The molecule has 0 radical (unpaired) electrons. The highest BCUT2D eigenvalue weighted by atomic mass is 16.4. The van der Waals surface area contributed by atoms with Gasteiger partial charge >= 0.3 is 5.97 Å². The van der Waals surface area contributed by atoms with Crippen molar-refractivity contribution in [1.82, 2.24) is 0 Å². The van der Waals surface area contributed by atoms with E-state index in [1.807, 2.05) is 0 Å². The molecule has 10 atom stereocenters. The van der Waals surface area contributed by atoms with Crippen molar-refractivity contribution in [2.24, 2.45) is 56.7 Å². The van der Waals surface area contributed by atoms with Crippen LogP contribution in [-0.4, -0.2) is 22.3 Å². The summed E-state index contributed by atoms with van der Waals surface area (Å²) in [6.07, 6.45) is 10.5. The summed E-state index contributed by atoms with van der Waals surface area (Å²) in [5.74, 6) is 1.79. The highest BCUT2D eigenvalue weighted by Gasteiger charge is 2.71. The van der Waals surface area contributed by atoms with Gasteiger partial charge in [-0.25, -0.2) is 0 Å². The minimum atomic E-state index is -0.538. The molecule has 2 N–H and O–H groups in total. The molecule has 0 amide bonds. The molecular formula is C30H48O3. The highest BCUT2D eigenvalue weighted by molar-refractivity contribution is 5.76. The Kier molecular flexibility index (Phi) is 5.15. The number of allylic oxidation sites excluding steroid dienone is 1. The molecule has 5 aliphatic carbocycles. The minimum Gasteiger partial charge on any atom is -0.481 e. The van der Waals surface area contributed by atoms with Gasteiger partial charge in [0.05, 0.1) is 11.5 Å². The average Bonchev–Trinajstić information content (AvgIpc) is 3.13. The van der Waals surface area contributed by atoms with E-state index in [9.17, 15) is 15.0 Å². The average molecular weight is 457 g/mol. The summed E-state index contributed by atoms with van der Waals surface area (Å²) in [5, 5.41) is 21.4. The van der Waals surface area contributed by atoms with E-state index in [-0.39, 0.29) is 33.7 Å². The van der Waals surface area contributed by atoms with Crippen LogP contribution >= 0.6 is 0 Å². The van der Waals surface area contributed by atoms with Gasteiger partial charge in [-0.15, -0.1) is 0 Å². The first-order valence-corrected chi connectivity index (χ1v) is 13.8. The van der Waals surface area contributed by atoms with Gasteiger partial charge in [-0.2, -0.15) is 0 Å². The van der Waals surface area contributed by atoms with Gasteiger partial charge in [0, 0.05) is 0 Å². The zero-order chi connectivity index (χ0) is 24.2. The van der Waals surface area contributed by atoms with Crippen molar-refractivity contribution in [3.8, 4) is 0 Å². The molecule has 0 aromatic heterocycles. The van der Waals surface area contributed by atoms with Crippen molar-refractivity contribution < 1.29 is 15.0 Å². The van der Waals surface area contributed by atoms with Gasteiger partial charge in [-0.05, 0) is 122 Å². The third kappa shape index (κ3) is 2.75. The summed E-state index contributed by atoms with van der Waals surface area (Å²) in [5.41, 5.74) is 1.35. The number of aliphatic carboxylic acids is 1. The quantitative estimate of drug-likeness (QED) is 0.436. The first kappa shape index (κ1) is 23.9. The number of carboxylic acids is 1. The van der Waals surface area contributed by atoms with E-state index in [0.717, 1.165) is 38.5 Å². The smallest absolute Gasteiger partial charge is 0.309 e. The van der Waals surface area contributed by atoms with Gasteiger partial charge in [0.1, 0.15) is 0 Å². The van der Waals surface area contributed by atoms with Crippen LogP contribution in [0.25, 0.3) is 0 Å². The maximum atomic E-state index is 12.8. The van der Waals surface area contributed by atoms with E-state index in [0.29, 0.717) is 23.7 Å². The molecule has 33 heavy (non-hydrogen) atoms. The molecule has 0 aromatic carbocycles. The van der Waals surface area contributed by atoms with Crippen molar-refractivity contribution in [1.29, 1.82) is 0 Å². The van der Waals surface area contributed by atoms with Crippen LogP contribution in [-0.2, 0) is 4.79 Å². The molecule has 0 saturated heterocycles. The summed E-state index contributed by atoms with van der Waals surface area (Å²) >= 11 is 0. The second kappa shape index (κ2) is 7.11. The predicted molar refractivity (Wildman–Crippen MR) is 133 cm³/mol. The Morgan fingerprint density at radius 2 is 1.52 bits per heavy atom. The lowest BCUT2D eigenvalue weighted by Gasteiger charge is -2.72. The van der Waals surface area contributed by atoms with Crippen molar-refractivity contribution in [3.63, 3.8) is 0 Å². The largest absolute Gasteiger partial charge is 0.481 e. The van der Waals surface area contributed by atoms with E-state index < -0.39 is 11.4 Å². The molecule has 0 bridgehead atoms. The van der Waals surface area contributed by atoms with Crippen molar-refractivity contribution in [2.75, 3.05) is 0 Å². The zero-order valence-corrected chi connectivity index (χ0v) is 22.0. The molecule has 186 valence electrons. The van der Waals surface area contributed by atoms with Gasteiger partial charge in [-0.3, -0.25) is 4.79 Å². The van der Waals surface area contributed by atoms with Gasteiger partial charge in [0.2, 0.25) is 0 Å².